The molecular formula is C16H20N6OS. The molecule has 1 aliphatic heterocycles. The van der Waals surface area contributed by atoms with E-state index in [1.54, 1.807) is 11.3 Å². The number of carbonyl (C=O) groups is 1. The zero-order valence-electron chi connectivity index (χ0n) is 13.8. The molecule has 1 N–H and O–H groups in total. The highest BCUT2D eigenvalue weighted by molar-refractivity contribution is 7.15. The number of fused-ring (bicyclic) bond motifs is 2. The smallest absolute Gasteiger partial charge is 0.226 e. The number of carbonyl (C=O) groups excluding carboxylic acids is 1. The number of thiazole rings is 1. The van der Waals surface area contributed by atoms with Crippen LogP contribution in [-0.2, 0) is 24.2 Å². The molecule has 1 aliphatic rings. The third kappa shape index (κ3) is 2.93. The summed E-state index contributed by atoms with van der Waals surface area (Å²) >= 11 is 1.57. The van der Waals surface area contributed by atoms with E-state index in [4.69, 9.17) is 0 Å². The molecule has 0 radical (unpaired) electrons. The first kappa shape index (κ1) is 15.3. The Morgan fingerprint density at radius 2 is 2.33 bits per heavy atom. The minimum absolute atomic E-state index is 0.0124. The van der Waals surface area contributed by atoms with Crippen LogP contribution in [-0.4, -0.2) is 36.1 Å². The summed E-state index contributed by atoms with van der Waals surface area (Å²) in [5, 5.41) is 9.64. The quantitative estimate of drug-likeness (QED) is 0.783. The van der Waals surface area contributed by atoms with Gasteiger partial charge in [0.25, 0.3) is 0 Å². The van der Waals surface area contributed by atoms with Crippen LogP contribution in [0.3, 0.4) is 0 Å². The normalized spacial score (nSPS) is 17.4. The van der Waals surface area contributed by atoms with E-state index in [2.05, 4.69) is 34.2 Å². The Balaban J connectivity index is 1.38. The van der Waals surface area contributed by atoms with Crippen molar-refractivity contribution in [3.8, 4) is 0 Å². The lowest BCUT2D eigenvalue weighted by molar-refractivity contribution is -0.121. The van der Waals surface area contributed by atoms with Crippen LogP contribution in [0.2, 0.25) is 0 Å². The second kappa shape index (κ2) is 6.01. The monoisotopic (exact) mass is 344 g/mol. The van der Waals surface area contributed by atoms with Crippen molar-refractivity contribution in [2.24, 2.45) is 0 Å². The molecule has 3 aromatic rings. The molecule has 0 spiro atoms. The average Bonchev–Trinajstić information content (AvgIpc) is 3.19. The van der Waals surface area contributed by atoms with E-state index in [9.17, 15) is 4.79 Å². The van der Waals surface area contributed by atoms with Crippen LogP contribution in [0.4, 0.5) is 0 Å². The molecule has 0 aromatic carbocycles. The molecule has 1 amide bonds. The number of imidazole rings is 1. The van der Waals surface area contributed by atoms with Crippen molar-refractivity contribution >= 4 is 22.2 Å². The van der Waals surface area contributed by atoms with Gasteiger partial charge in [-0.15, -0.1) is 11.3 Å². The number of amides is 1. The fourth-order valence-corrected chi connectivity index (χ4v) is 3.71. The van der Waals surface area contributed by atoms with E-state index in [1.807, 2.05) is 26.9 Å². The Morgan fingerprint density at radius 1 is 1.46 bits per heavy atom. The molecular weight excluding hydrogens is 324 g/mol. The highest BCUT2D eigenvalue weighted by Gasteiger charge is 2.23. The van der Waals surface area contributed by atoms with E-state index < -0.39 is 0 Å². The van der Waals surface area contributed by atoms with Crippen LogP contribution in [0.15, 0.2) is 17.8 Å². The Kier molecular flexibility index (Phi) is 3.84. The molecule has 126 valence electrons. The Bertz CT molecular complexity index is 848. The van der Waals surface area contributed by atoms with Crippen LogP contribution in [0, 0.1) is 0 Å². The summed E-state index contributed by atoms with van der Waals surface area (Å²) in [6.45, 7) is 4.88. The number of hydrogen-bond donors (Lipinski definition) is 1. The molecule has 4 rings (SSSR count). The number of nitrogens with zero attached hydrogens (tertiary/aromatic N) is 5. The van der Waals surface area contributed by atoms with Crippen LogP contribution >= 0.6 is 11.3 Å². The Morgan fingerprint density at radius 3 is 3.12 bits per heavy atom. The van der Waals surface area contributed by atoms with Crippen LogP contribution < -0.4 is 5.32 Å². The zero-order valence-corrected chi connectivity index (χ0v) is 14.6. The van der Waals surface area contributed by atoms with Crippen LogP contribution in [0.5, 0.6) is 0 Å². The lowest BCUT2D eigenvalue weighted by atomic mass is 10.1. The Hall–Kier alpha value is -2.22. The first-order chi connectivity index (χ1) is 11.6. The number of rotatable bonds is 4. The second-order valence-corrected chi connectivity index (χ2v) is 7.40. The fourth-order valence-electron chi connectivity index (χ4n) is 3.00. The van der Waals surface area contributed by atoms with Gasteiger partial charge in [-0.3, -0.25) is 9.20 Å². The van der Waals surface area contributed by atoms with Gasteiger partial charge in [0.05, 0.1) is 18.7 Å². The lowest BCUT2D eigenvalue weighted by Crippen LogP contribution is -2.42. The molecule has 1 unspecified atom stereocenters. The van der Waals surface area contributed by atoms with E-state index in [-0.39, 0.29) is 11.9 Å². The lowest BCUT2D eigenvalue weighted by Gasteiger charge is -2.23. The summed E-state index contributed by atoms with van der Waals surface area (Å²) in [6, 6.07) is 0.107. The van der Waals surface area contributed by atoms with Gasteiger partial charge in [0.1, 0.15) is 5.82 Å². The van der Waals surface area contributed by atoms with E-state index in [0.29, 0.717) is 18.9 Å². The second-order valence-electron chi connectivity index (χ2n) is 6.53. The topological polar surface area (TPSA) is 77.1 Å². The van der Waals surface area contributed by atoms with E-state index >= 15 is 0 Å². The first-order valence-electron chi connectivity index (χ1n) is 8.22. The standard InChI is InChI=1S/C16H20N6OS/c1-10(2)15-19-13-4-3-11(9-22(13)20-15)17-14(23)7-12-8-21-5-6-24-16(21)18-12/h5-6,8,10-11H,3-4,7,9H2,1-2H3,(H,17,23). The predicted octanol–water partition coefficient (Wildman–Crippen LogP) is 1.78. The molecule has 3 aromatic heterocycles. The van der Waals surface area contributed by atoms with Crippen molar-refractivity contribution in [3.05, 3.63) is 35.1 Å². The summed E-state index contributed by atoms with van der Waals surface area (Å²) in [4.78, 5) is 22.3. The molecule has 24 heavy (non-hydrogen) atoms. The third-order valence-corrected chi connectivity index (χ3v) is 5.01. The van der Waals surface area contributed by atoms with Crippen molar-refractivity contribution in [3.63, 3.8) is 0 Å². The maximum Gasteiger partial charge on any atom is 0.226 e. The predicted molar refractivity (Wildman–Crippen MR) is 91.1 cm³/mol. The SMILES string of the molecule is CC(C)c1nc2n(n1)CC(NC(=O)Cc1cn3ccsc3n1)CC2. The molecule has 0 saturated carbocycles. The number of hydrogen-bond acceptors (Lipinski definition) is 5. The number of nitrogens with one attached hydrogen (secondary N) is 1. The molecule has 0 aliphatic carbocycles. The number of aryl methyl sites for hydroxylation is 1. The highest BCUT2D eigenvalue weighted by Crippen LogP contribution is 2.17. The van der Waals surface area contributed by atoms with Gasteiger partial charge in [-0.1, -0.05) is 13.8 Å². The molecule has 8 heteroatoms. The van der Waals surface area contributed by atoms with E-state index in [0.717, 1.165) is 35.1 Å². The van der Waals surface area contributed by atoms with Crippen molar-refractivity contribution in [1.82, 2.24) is 29.5 Å². The first-order valence-corrected chi connectivity index (χ1v) is 9.10. The van der Waals surface area contributed by atoms with Gasteiger partial charge in [-0.25, -0.2) is 14.6 Å². The van der Waals surface area contributed by atoms with Crippen molar-refractivity contribution in [2.45, 2.75) is 51.6 Å². The zero-order chi connectivity index (χ0) is 16.7. The van der Waals surface area contributed by atoms with Crippen LogP contribution in [0.25, 0.3) is 4.96 Å². The molecule has 4 heterocycles. The van der Waals surface area contributed by atoms with Gasteiger partial charge in [0.15, 0.2) is 10.8 Å². The minimum atomic E-state index is 0.0124. The van der Waals surface area contributed by atoms with Gasteiger partial charge in [0.2, 0.25) is 5.91 Å². The molecule has 7 nitrogen and oxygen atoms in total. The molecule has 1 atom stereocenters. The summed E-state index contributed by atoms with van der Waals surface area (Å²) < 4.78 is 3.89. The molecule has 0 bridgehead atoms. The third-order valence-electron chi connectivity index (χ3n) is 4.24. The average molecular weight is 344 g/mol. The van der Waals surface area contributed by atoms with Gasteiger partial charge >= 0.3 is 0 Å². The summed E-state index contributed by atoms with van der Waals surface area (Å²) in [6.07, 6.45) is 5.93. The van der Waals surface area contributed by atoms with Gasteiger partial charge < -0.3 is 5.32 Å². The van der Waals surface area contributed by atoms with Gasteiger partial charge in [-0.2, -0.15) is 5.10 Å². The van der Waals surface area contributed by atoms with Crippen molar-refractivity contribution in [2.75, 3.05) is 0 Å². The Labute approximate surface area is 143 Å². The maximum atomic E-state index is 12.3. The maximum absolute atomic E-state index is 12.3. The van der Waals surface area contributed by atoms with Crippen LogP contribution in [0.1, 0.15) is 43.5 Å². The van der Waals surface area contributed by atoms with Crippen molar-refractivity contribution in [1.29, 1.82) is 0 Å². The summed E-state index contributed by atoms with van der Waals surface area (Å²) in [5.74, 6) is 2.25. The molecule has 0 fully saturated rings. The summed E-state index contributed by atoms with van der Waals surface area (Å²) in [7, 11) is 0. The van der Waals surface area contributed by atoms with Gasteiger partial charge in [-0.05, 0) is 6.42 Å². The minimum Gasteiger partial charge on any atom is -0.351 e. The molecule has 0 saturated heterocycles. The highest BCUT2D eigenvalue weighted by atomic mass is 32.1. The van der Waals surface area contributed by atoms with E-state index in [1.165, 1.54) is 0 Å². The summed E-state index contributed by atoms with van der Waals surface area (Å²) in [5.41, 5.74) is 0.804. The largest absolute Gasteiger partial charge is 0.351 e. The fraction of sp³-hybridized carbons (Fsp3) is 0.500. The number of aromatic nitrogens is 5. The van der Waals surface area contributed by atoms with Crippen molar-refractivity contribution < 1.29 is 4.79 Å². The van der Waals surface area contributed by atoms with Gasteiger partial charge in [0, 0.05) is 36.2 Å².